The third-order valence-electron chi connectivity index (χ3n) is 2.99. The van der Waals surface area contributed by atoms with Gasteiger partial charge in [0.1, 0.15) is 0 Å². The summed E-state index contributed by atoms with van der Waals surface area (Å²) in [6.07, 6.45) is 0. The molecule has 0 saturated heterocycles. The number of hydrogen-bond donors (Lipinski definition) is 0. The van der Waals surface area contributed by atoms with Crippen LogP contribution in [0.3, 0.4) is 0 Å². The largest absolute Gasteiger partial charge is 0.165 e. The van der Waals surface area contributed by atoms with Crippen molar-refractivity contribution in [3.8, 4) is 22.3 Å². The molecular weight excluding hydrogens is 366 g/mol. The Balaban J connectivity index is 0.00000120. The summed E-state index contributed by atoms with van der Waals surface area (Å²) in [7, 11) is 0. The van der Waals surface area contributed by atoms with Crippen molar-refractivity contribution in [2.45, 2.75) is 6.92 Å². The van der Waals surface area contributed by atoms with Crippen molar-refractivity contribution in [2.24, 2.45) is 0 Å². The first-order chi connectivity index (χ1) is 8.34. The van der Waals surface area contributed by atoms with E-state index in [9.17, 15) is 0 Å². The molecule has 0 fully saturated rings. The van der Waals surface area contributed by atoms with E-state index in [0.29, 0.717) is 0 Å². The van der Waals surface area contributed by atoms with Gasteiger partial charge in [-0.05, 0) is 5.56 Å². The van der Waals surface area contributed by atoms with Gasteiger partial charge >= 0.3 is 0 Å². The monoisotopic (exact) mass is 379 g/mol. The van der Waals surface area contributed by atoms with Crippen LogP contribution in [-0.2, 0) is 26.2 Å². The minimum atomic E-state index is 0. The molecule has 0 unspecified atom stereocenters. The molecule has 0 saturated carbocycles. The van der Waals surface area contributed by atoms with E-state index in [1.807, 2.05) is 6.07 Å². The number of fused-ring (bicyclic) bond motifs is 1. The molecule has 1 aromatic rings. The first kappa shape index (κ1) is 19.4. The van der Waals surface area contributed by atoms with Gasteiger partial charge in [0.15, 0.2) is 0 Å². The van der Waals surface area contributed by atoms with E-state index in [-0.39, 0.29) is 51.0 Å². The van der Waals surface area contributed by atoms with E-state index >= 15 is 0 Å². The second kappa shape index (κ2) is 8.62. The summed E-state index contributed by atoms with van der Waals surface area (Å²) in [5.41, 5.74) is 6.19. The molecule has 0 heterocycles. The van der Waals surface area contributed by atoms with Crippen molar-refractivity contribution in [3.05, 3.63) is 72.3 Å². The molecule has 0 atom stereocenters. The van der Waals surface area contributed by atoms with Crippen LogP contribution in [-0.4, -0.2) is 0 Å². The molecular formula is C17H15Cl2Zr-. The minimum Gasteiger partial charge on any atom is -0.165 e. The van der Waals surface area contributed by atoms with Crippen LogP contribution >= 0.6 is 24.8 Å². The summed E-state index contributed by atoms with van der Waals surface area (Å²) in [6.45, 7) is 2.09. The van der Waals surface area contributed by atoms with E-state index in [1.165, 1.54) is 27.8 Å². The molecule has 0 amide bonds. The molecule has 0 radical (unpaired) electrons. The third kappa shape index (κ3) is 3.95. The molecule has 3 rings (SSSR count). The third-order valence-corrected chi connectivity index (χ3v) is 2.99. The molecule has 0 N–H and O–H groups in total. The molecule has 0 aromatic heterocycles. The zero-order chi connectivity index (χ0) is 11.7. The summed E-state index contributed by atoms with van der Waals surface area (Å²) in [4.78, 5) is 0. The summed E-state index contributed by atoms with van der Waals surface area (Å²) < 4.78 is 0. The second-order valence-electron chi connectivity index (χ2n) is 4.28. The average Bonchev–Trinajstić information content (AvgIpc) is 2.61. The maximum Gasteiger partial charge on any atom is 0 e. The Labute approximate surface area is 151 Å². The summed E-state index contributed by atoms with van der Waals surface area (Å²) in [5.74, 6) is 0. The molecule has 20 heavy (non-hydrogen) atoms. The minimum absolute atomic E-state index is 0. The Bertz CT molecular complexity index is 623. The van der Waals surface area contributed by atoms with Crippen molar-refractivity contribution < 1.29 is 26.2 Å². The van der Waals surface area contributed by atoms with Crippen LogP contribution in [0.1, 0.15) is 5.56 Å². The van der Waals surface area contributed by atoms with Crippen LogP contribution in [0.4, 0.5) is 0 Å². The van der Waals surface area contributed by atoms with Crippen molar-refractivity contribution in [1.29, 1.82) is 0 Å². The zero-order valence-electron chi connectivity index (χ0n) is 11.1. The van der Waals surface area contributed by atoms with Gasteiger partial charge in [-0.25, -0.2) is 0 Å². The van der Waals surface area contributed by atoms with E-state index in [0.717, 1.165) is 0 Å². The van der Waals surface area contributed by atoms with Crippen LogP contribution in [0, 0.1) is 13.0 Å². The quantitative estimate of drug-likeness (QED) is 0.495. The Hall–Kier alpha value is -0.617. The smallest absolute Gasteiger partial charge is 0 e. The van der Waals surface area contributed by atoms with Gasteiger partial charge in [0, 0.05) is 26.2 Å². The molecule has 2 aliphatic carbocycles. The van der Waals surface area contributed by atoms with Crippen LogP contribution in [0.15, 0.2) is 60.7 Å². The first-order valence-corrected chi connectivity index (χ1v) is 5.82. The van der Waals surface area contributed by atoms with E-state index in [1.54, 1.807) is 0 Å². The maximum absolute atomic E-state index is 3.39. The standard InChI is InChI=1S/C17H13.2ClH.Zr/c1-13-11-15-9-5-6-10-16(17(15)12-13)14-7-3-2-4-8-14;;;/h2-10,12H,1H3;2*1H;/q-1;;;. The van der Waals surface area contributed by atoms with Gasteiger partial charge in [-0.3, -0.25) is 0 Å². The van der Waals surface area contributed by atoms with Gasteiger partial charge in [-0.2, -0.15) is 11.6 Å². The maximum atomic E-state index is 3.39. The molecule has 0 aliphatic heterocycles. The first-order valence-electron chi connectivity index (χ1n) is 5.82. The number of benzene rings is 1. The molecule has 0 spiro atoms. The molecule has 102 valence electrons. The van der Waals surface area contributed by atoms with E-state index in [4.69, 9.17) is 0 Å². The molecule has 1 aromatic carbocycles. The average molecular weight is 381 g/mol. The van der Waals surface area contributed by atoms with E-state index in [2.05, 4.69) is 67.6 Å². The fourth-order valence-electron chi connectivity index (χ4n) is 2.23. The summed E-state index contributed by atoms with van der Waals surface area (Å²) in [5, 5.41) is 0. The molecule has 3 heteroatoms. The fraction of sp³-hybridized carbons (Fsp3) is 0.0588. The van der Waals surface area contributed by atoms with E-state index < -0.39 is 0 Å². The number of hydrogen-bond acceptors (Lipinski definition) is 0. The summed E-state index contributed by atoms with van der Waals surface area (Å²) >= 11 is 0. The van der Waals surface area contributed by atoms with Crippen molar-refractivity contribution in [3.63, 3.8) is 0 Å². The Kier molecular flexibility index (Phi) is 8.36. The van der Waals surface area contributed by atoms with Crippen LogP contribution in [0.25, 0.3) is 22.3 Å². The Morgan fingerprint density at radius 2 is 1.35 bits per heavy atom. The van der Waals surface area contributed by atoms with Gasteiger partial charge in [-0.1, -0.05) is 55.0 Å². The normalized spacial score (nSPS) is 9.05. The van der Waals surface area contributed by atoms with Gasteiger partial charge < -0.3 is 0 Å². The molecule has 0 nitrogen and oxygen atoms in total. The second-order valence-corrected chi connectivity index (χ2v) is 4.28. The molecule has 0 bridgehead atoms. The van der Waals surface area contributed by atoms with Gasteiger partial charge in [-0.15, -0.1) is 54.1 Å². The zero-order valence-corrected chi connectivity index (χ0v) is 15.2. The molecule has 2 aliphatic rings. The number of aryl methyl sites for hydroxylation is 1. The van der Waals surface area contributed by atoms with Gasteiger partial charge in [0.05, 0.1) is 0 Å². The predicted octanol–water partition coefficient (Wildman–Crippen LogP) is 5.41. The summed E-state index contributed by atoms with van der Waals surface area (Å²) in [6, 6.07) is 24.6. The SMILES string of the molecule is Cc1[c-]c2ccccc(-c3ccccc3)c-2c1.Cl.Cl.[Zr]. The fourth-order valence-corrected chi connectivity index (χ4v) is 2.23. The predicted molar refractivity (Wildman–Crippen MR) is 86.6 cm³/mol. The van der Waals surface area contributed by atoms with Crippen molar-refractivity contribution in [2.75, 3.05) is 0 Å². The van der Waals surface area contributed by atoms with Crippen molar-refractivity contribution >= 4 is 24.8 Å². The Morgan fingerprint density at radius 3 is 2.05 bits per heavy atom. The Morgan fingerprint density at radius 1 is 0.750 bits per heavy atom. The number of rotatable bonds is 1. The van der Waals surface area contributed by atoms with Crippen molar-refractivity contribution in [1.82, 2.24) is 0 Å². The van der Waals surface area contributed by atoms with Crippen LogP contribution in [0.5, 0.6) is 0 Å². The van der Waals surface area contributed by atoms with Gasteiger partial charge in [0.25, 0.3) is 0 Å². The van der Waals surface area contributed by atoms with Crippen LogP contribution < -0.4 is 0 Å². The number of halogens is 2. The van der Waals surface area contributed by atoms with Crippen LogP contribution in [0.2, 0.25) is 0 Å². The topological polar surface area (TPSA) is 0 Å². The van der Waals surface area contributed by atoms with Gasteiger partial charge in [0.2, 0.25) is 0 Å².